The van der Waals surface area contributed by atoms with Crippen molar-refractivity contribution < 1.29 is 15.0 Å². The summed E-state index contributed by atoms with van der Waals surface area (Å²) in [5.41, 5.74) is 4.13. The number of hydrogen-bond donors (Lipinski definition) is 2. The summed E-state index contributed by atoms with van der Waals surface area (Å²) in [4.78, 5) is 14.6. The second kappa shape index (κ2) is 6.26. The molecule has 2 atom stereocenters. The van der Waals surface area contributed by atoms with Crippen molar-refractivity contribution in [2.75, 3.05) is 4.90 Å². The van der Waals surface area contributed by atoms with E-state index in [1.807, 2.05) is 39.0 Å². The zero-order chi connectivity index (χ0) is 19.6. The average molecular weight is 404 g/mol. The Hall–Kier alpha value is -2.01. The zero-order valence-corrected chi connectivity index (χ0v) is 16.6. The van der Waals surface area contributed by atoms with Gasteiger partial charge >= 0.3 is 0 Å². The van der Waals surface area contributed by atoms with Crippen molar-refractivity contribution in [3.8, 4) is 11.1 Å². The molecule has 0 fully saturated rings. The van der Waals surface area contributed by atoms with Crippen molar-refractivity contribution in [3.63, 3.8) is 0 Å². The van der Waals surface area contributed by atoms with E-state index in [4.69, 9.17) is 23.2 Å². The predicted octanol–water partition coefficient (Wildman–Crippen LogP) is 5.20. The molecule has 0 aromatic heterocycles. The van der Waals surface area contributed by atoms with Crippen LogP contribution in [0.3, 0.4) is 0 Å². The Labute approximate surface area is 167 Å². The fourth-order valence-corrected chi connectivity index (χ4v) is 4.47. The molecule has 2 heterocycles. The first-order chi connectivity index (χ1) is 12.7. The first-order valence-corrected chi connectivity index (χ1v) is 9.53. The van der Waals surface area contributed by atoms with E-state index in [9.17, 15) is 15.0 Å². The van der Waals surface area contributed by atoms with Gasteiger partial charge in [0.15, 0.2) is 5.76 Å². The molecule has 2 aromatic carbocycles. The number of carbonyl (C=O) groups excluding carboxylic acids is 1. The van der Waals surface area contributed by atoms with E-state index in [-0.39, 0.29) is 5.92 Å². The predicted molar refractivity (Wildman–Crippen MR) is 107 cm³/mol. The van der Waals surface area contributed by atoms with Crippen LogP contribution in [0.2, 0.25) is 10.0 Å². The van der Waals surface area contributed by atoms with E-state index in [1.165, 1.54) is 0 Å². The maximum atomic E-state index is 13.0. The number of aryl methyl sites for hydroxylation is 1. The fourth-order valence-electron chi connectivity index (χ4n) is 4.04. The lowest BCUT2D eigenvalue weighted by atomic mass is 9.82. The van der Waals surface area contributed by atoms with Crippen LogP contribution in [0.4, 0.5) is 5.69 Å². The van der Waals surface area contributed by atoms with Gasteiger partial charge in [0.25, 0.3) is 5.91 Å². The summed E-state index contributed by atoms with van der Waals surface area (Å²) < 4.78 is 0. The van der Waals surface area contributed by atoms with E-state index in [2.05, 4.69) is 0 Å². The molecule has 0 saturated heterocycles. The van der Waals surface area contributed by atoms with Crippen LogP contribution < -0.4 is 4.90 Å². The van der Waals surface area contributed by atoms with Crippen LogP contribution in [0.15, 0.2) is 41.7 Å². The lowest BCUT2D eigenvalue weighted by Crippen LogP contribution is -2.35. The molecule has 2 aliphatic rings. The van der Waals surface area contributed by atoms with E-state index >= 15 is 0 Å². The number of nitrogens with zero attached hydrogens (tertiary/aromatic N) is 1. The monoisotopic (exact) mass is 403 g/mol. The molecule has 0 radical (unpaired) electrons. The normalized spacial score (nSPS) is 19.3. The van der Waals surface area contributed by atoms with Crippen molar-refractivity contribution in [3.05, 3.63) is 62.8 Å². The van der Waals surface area contributed by atoms with Gasteiger partial charge in [0.2, 0.25) is 0 Å². The number of fused-ring (bicyclic) bond motifs is 6. The highest BCUT2D eigenvalue weighted by molar-refractivity contribution is 6.35. The van der Waals surface area contributed by atoms with E-state index in [0.717, 1.165) is 16.7 Å². The molecule has 2 aliphatic heterocycles. The van der Waals surface area contributed by atoms with Crippen molar-refractivity contribution in [1.29, 1.82) is 0 Å². The Morgan fingerprint density at radius 3 is 2.52 bits per heavy atom. The number of rotatable bonds is 2. The Morgan fingerprint density at radius 1 is 1.15 bits per heavy atom. The number of benzene rings is 2. The average Bonchev–Trinajstić information content (AvgIpc) is 2.88. The Kier molecular flexibility index (Phi) is 4.26. The van der Waals surface area contributed by atoms with E-state index < -0.39 is 23.8 Å². The molecule has 0 saturated carbocycles. The molecule has 2 N–H and O–H groups in total. The van der Waals surface area contributed by atoms with Gasteiger partial charge in [-0.2, -0.15) is 0 Å². The minimum atomic E-state index is -0.950. The van der Waals surface area contributed by atoms with Gasteiger partial charge in [0.1, 0.15) is 0 Å². The maximum absolute atomic E-state index is 13.0. The second-order valence-electron chi connectivity index (χ2n) is 7.39. The molecule has 4 rings (SSSR count). The van der Waals surface area contributed by atoms with Crippen LogP contribution in [0.5, 0.6) is 0 Å². The van der Waals surface area contributed by atoms with Crippen LogP contribution in [-0.2, 0) is 4.79 Å². The third-order valence-electron chi connectivity index (χ3n) is 5.35. The highest BCUT2D eigenvalue weighted by Crippen LogP contribution is 2.55. The molecule has 140 valence electrons. The topological polar surface area (TPSA) is 60.8 Å². The highest BCUT2D eigenvalue weighted by Gasteiger charge is 2.49. The summed E-state index contributed by atoms with van der Waals surface area (Å²) in [5.74, 6) is -1.08. The van der Waals surface area contributed by atoms with Gasteiger partial charge in [0, 0.05) is 16.2 Å². The van der Waals surface area contributed by atoms with Gasteiger partial charge in [-0.1, -0.05) is 49.2 Å². The van der Waals surface area contributed by atoms with Gasteiger partial charge in [-0.05, 0) is 47.7 Å². The van der Waals surface area contributed by atoms with Crippen LogP contribution >= 0.6 is 23.2 Å². The number of carbonyl (C=O) groups is 1. The summed E-state index contributed by atoms with van der Waals surface area (Å²) in [5, 5.41) is 22.5. The molecule has 0 spiro atoms. The van der Waals surface area contributed by atoms with Crippen LogP contribution in [0.1, 0.15) is 31.0 Å². The molecular weight excluding hydrogens is 385 g/mol. The first kappa shape index (κ1) is 18.4. The fraction of sp³-hybridized carbons (Fsp3) is 0.286. The van der Waals surface area contributed by atoms with Crippen LogP contribution in [0, 0.1) is 12.8 Å². The third kappa shape index (κ3) is 2.51. The molecule has 0 aliphatic carbocycles. The lowest BCUT2D eigenvalue weighted by Gasteiger charge is -2.37. The quantitative estimate of drug-likeness (QED) is 0.724. The summed E-state index contributed by atoms with van der Waals surface area (Å²) in [6.07, 6.45) is -0.950. The van der Waals surface area contributed by atoms with Crippen molar-refractivity contribution in [2.45, 2.75) is 32.9 Å². The number of hydrogen-bond acceptors (Lipinski definition) is 3. The lowest BCUT2D eigenvalue weighted by molar-refractivity contribution is -0.117. The van der Waals surface area contributed by atoms with Crippen molar-refractivity contribution in [2.24, 2.45) is 5.92 Å². The standard InChI is InChI=1S/C21H19Cl2NO3/c1-9(2)19(25)16-18-12-6-5-11(22)8-13(12)15-14(23)7-4-10(3)17(15)24(18)21(27)20(16)26/h4-9,18-19,25-26H,1-3H3. The molecule has 1 amide bonds. The van der Waals surface area contributed by atoms with Gasteiger partial charge in [-0.25, -0.2) is 0 Å². The zero-order valence-electron chi connectivity index (χ0n) is 15.1. The van der Waals surface area contributed by atoms with Crippen LogP contribution in [-0.4, -0.2) is 22.2 Å². The first-order valence-electron chi connectivity index (χ1n) is 8.77. The summed E-state index contributed by atoms with van der Waals surface area (Å²) in [6, 6.07) is 8.43. The van der Waals surface area contributed by atoms with E-state index in [1.54, 1.807) is 17.0 Å². The SMILES string of the molecule is Cc1ccc(Cl)c2c1N1C(=O)C(O)=C(C(O)C(C)C)C1c1ccc(Cl)cc1-2. The van der Waals surface area contributed by atoms with E-state index in [0.29, 0.717) is 26.9 Å². The Morgan fingerprint density at radius 2 is 1.85 bits per heavy atom. The largest absolute Gasteiger partial charge is 0.503 e. The summed E-state index contributed by atoms with van der Waals surface area (Å²) in [7, 11) is 0. The van der Waals surface area contributed by atoms with Crippen LogP contribution in [0.25, 0.3) is 11.1 Å². The Bertz CT molecular complexity index is 1010. The third-order valence-corrected chi connectivity index (χ3v) is 5.90. The molecule has 0 bridgehead atoms. The highest BCUT2D eigenvalue weighted by atomic mass is 35.5. The molecule has 4 nitrogen and oxygen atoms in total. The minimum absolute atomic E-state index is 0.160. The number of halogens is 2. The molecule has 2 aromatic rings. The number of aliphatic hydroxyl groups is 2. The van der Waals surface area contributed by atoms with Gasteiger partial charge in [0.05, 0.1) is 22.9 Å². The second-order valence-corrected chi connectivity index (χ2v) is 8.23. The van der Waals surface area contributed by atoms with Gasteiger partial charge in [-0.15, -0.1) is 0 Å². The number of amides is 1. The number of anilines is 1. The van der Waals surface area contributed by atoms with Gasteiger partial charge in [-0.3, -0.25) is 9.69 Å². The maximum Gasteiger partial charge on any atom is 0.294 e. The molecule has 2 unspecified atom stereocenters. The molecular formula is C21H19Cl2NO3. The van der Waals surface area contributed by atoms with Crippen molar-refractivity contribution in [1.82, 2.24) is 0 Å². The van der Waals surface area contributed by atoms with Gasteiger partial charge < -0.3 is 10.2 Å². The molecule has 6 heteroatoms. The van der Waals surface area contributed by atoms with Crippen molar-refractivity contribution >= 4 is 34.8 Å². The Balaban J connectivity index is 2.08. The number of aliphatic hydroxyl groups excluding tert-OH is 2. The minimum Gasteiger partial charge on any atom is -0.503 e. The summed E-state index contributed by atoms with van der Waals surface area (Å²) in [6.45, 7) is 5.59. The smallest absolute Gasteiger partial charge is 0.294 e. The molecule has 27 heavy (non-hydrogen) atoms. The summed E-state index contributed by atoms with van der Waals surface area (Å²) >= 11 is 12.8.